The Bertz CT molecular complexity index is 3250. The van der Waals surface area contributed by atoms with Gasteiger partial charge in [0.2, 0.25) is 23.1 Å². The molecule has 0 radical (unpaired) electrons. The van der Waals surface area contributed by atoms with Gasteiger partial charge in [0, 0.05) is 47.3 Å². The van der Waals surface area contributed by atoms with E-state index in [0.717, 1.165) is 35.4 Å². The first-order valence-electron chi connectivity index (χ1n) is 19.0. The first kappa shape index (κ1) is 43.4. The van der Waals surface area contributed by atoms with Crippen molar-refractivity contribution in [3.05, 3.63) is 170 Å². The van der Waals surface area contributed by atoms with Gasteiger partial charge in [-0.2, -0.15) is 16.8 Å². The topological polar surface area (TPSA) is 350 Å². The Morgan fingerprint density at radius 3 is 1.20 bits per heavy atom. The number of fused-ring (bicyclic) bond motifs is 6. The van der Waals surface area contributed by atoms with Crippen LogP contribution in [0.1, 0.15) is 94.6 Å². The minimum atomic E-state index is -4.93. The van der Waals surface area contributed by atoms with Crippen LogP contribution in [0.5, 0.6) is 11.5 Å². The molecule has 65 heavy (non-hydrogen) atoms. The number of carbonyl (C=O) groups excluding carboxylic acids is 4. The van der Waals surface area contributed by atoms with Crippen LogP contribution in [0.4, 0.5) is 0 Å². The standard InChI is InChI=1S/C41H28N12O10S2/c1-39(2)17-41(25-15-19(11-13-23(25)39)62-64(58,59)27-9-5-7-21-29(27)31(46-50-42)33(48-52-44)37(56)35(21)54)18-40(3,4)24-14-12-20(16-26(24)41)63-65(60,61)28-10-6-8-22-30(28)32(47-51-43)34(49-53-45)38(57)36(22)55/h5-16H,17-18H2,1-4H3. The van der Waals surface area contributed by atoms with E-state index in [1.807, 2.05) is 27.7 Å². The SMILES string of the molecule is CC1(C)CC2(CC(C)(C)c3ccc(OS(=O)(=O)c4cccc5c4C(N=[N+]=[N-])=C(N=[N+]=[N-])C(=O)C5=O)cc32)c2cc(OS(=O)(=O)c3cccc4c3C(N=[N+]=[N-])=C(N=[N+]=[N-])C(=O)C4=O)ccc21. The second kappa shape index (κ2) is 15.0. The molecule has 0 amide bonds. The summed E-state index contributed by atoms with van der Waals surface area (Å²) in [6.45, 7) is 7.99. The van der Waals surface area contributed by atoms with E-state index in [-0.39, 0.29) is 11.5 Å². The molecule has 4 aliphatic carbocycles. The largest absolute Gasteiger partial charge is 0.379 e. The number of rotatable bonds is 10. The second-order valence-electron chi connectivity index (χ2n) is 16.5. The molecule has 4 aliphatic rings. The lowest BCUT2D eigenvalue weighted by Crippen LogP contribution is -2.27. The van der Waals surface area contributed by atoms with Gasteiger partial charge in [-0.3, -0.25) is 19.2 Å². The molecule has 0 unspecified atom stereocenters. The van der Waals surface area contributed by atoms with Crippen LogP contribution in [-0.2, 0) is 46.1 Å². The quantitative estimate of drug-likeness (QED) is 0.0477. The Kier molecular flexibility index (Phi) is 10.00. The van der Waals surface area contributed by atoms with Crippen LogP contribution in [0.3, 0.4) is 0 Å². The van der Waals surface area contributed by atoms with Gasteiger partial charge in [0.1, 0.15) is 21.3 Å². The molecule has 0 heterocycles. The van der Waals surface area contributed by atoms with Crippen molar-refractivity contribution in [2.45, 2.75) is 66.6 Å². The van der Waals surface area contributed by atoms with Gasteiger partial charge >= 0.3 is 20.2 Å². The molecule has 0 bridgehead atoms. The van der Waals surface area contributed by atoms with E-state index < -0.39 is 114 Å². The van der Waals surface area contributed by atoms with E-state index in [9.17, 15) is 47.1 Å². The number of Topliss-reactive ketones (excluding diaryl/α,β-unsaturated/α-hetero) is 4. The molecule has 0 atom stereocenters. The zero-order valence-corrected chi connectivity index (χ0v) is 35.7. The number of azide groups is 4. The van der Waals surface area contributed by atoms with Crippen molar-refractivity contribution in [2.75, 3.05) is 0 Å². The third-order valence-corrected chi connectivity index (χ3v) is 14.4. The summed E-state index contributed by atoms with van der Waals surface area (Å²) in [5, 5.41) is 13.3. The molecule has 0 fully saturated rings. The Hall–Kier alpha value is -8.22. The average molecular weight is 913 g/mol. The molecule has 22 nitrogen and oxygen atoms in total. The van der Waals surface area contributed by atoms with E-state index >= 15 is 0 Å². The van der Waals surface area contributed by atoms with Crippen LogP contribution < -0.4 is 8.37 Å². The lowest BCUT2D eigenvalue weighted by atomic mass is 9.72. The number of carbonyl (C=O) groups is 4. The lowest BCUT2D eigenvalue weighted by Gasteiger charge is -2.30. The molecular weight excluding hydrogens is 885 g/mol. The van der Waals surface area contributed by atoms with Gasteiger partial charge < -0.3 is 8.37 Å². The molecule has 1 spiro atoms. The number of ketones is 4. The predicted molar refractivity (Wildman–Crippen MR) is 227 cm³/mol. The van der Waals surface area contributed by atoms with Gasteiger partial charge in [0.05, 0.1) is 22.8 Å². The zero-order valence-electron chi connectivity index (χ0n) is 34.1. The van der Waals surface area contributed by atoms with Crippen molar-refractivity contribution in [1.29, 1.82) is 0 Å². The van der Waals surface area contributed by atoms with E-state index in [2.05, 4.69) is 40.1 Å². The smallest absolute Gasteiger partial charge is 0.339 e. The molecule has 0 saturated heterocycles. The highest BCUT2D eigenvalue weighted by Crippen LogP contribution is 2.63. The predicted octanol–water partition coefficient (Wildman–Crippen LogP) is 8.98. The summed E-state index contributed by atoms with van der Waals surface area (Å²) >= 11 is 0. The minimum absolute atomic E-state index is 0.173. The van der Waals surface area contributed by atoms with Crippen LogP contribution >= 0.6 is 0 Å². The summed E-state index contributed by atoms with van der Waals surface area (Å²) in [7, 11) is -9.85. The summed E-state index contributed by atoms with van der Waals surface area (Å²) in [6.07, 6.45) is 0.904. The van der Waals surface area contributed by atoms with Gasteiger partial charge in [-0.05, 0) is 104 Å². The van der Waals surface area contributed by atoms with Crippen molar-refractivity contribution in [3.63, 3.8) is 0 Å². The molecule has 0 aromatic heterocycles. The zero-order chi connectivity index (χ0) is 47.0. The molecule has 0 N–H and O–H groups in total. The third kappa shape index (κ3) is 6.65. The van der Waals surface area contributed by atoms with E-state index in [1.54, 1.807) is 24.3 Å². The van der Waals surface area contributed by atoms with Crippen LogP contribution in [0.2, 0.25) is 0 Å². The van der Waals surface area contributed by atoms with Gasteiger partial charge in [-0.25, -0.2) is 0 Å². The highest BCUT2D eigenvalue weighted by Gasteiger charge is 2.56. The minimum Gasteiger partial charge on any atom is -0.379 e. The van der Waals surface area contributed by atoms with Crippen LogP contribution in [0, 0.1) is 0 Å². The molecule has 0 aliphatic heterocycles. The maximum Gasteiger partial charge on any atom is 0.339 e. The lowest BCUT2D eigenvalue weighted by molar-refractivity contribution is -0.112. The van der Waals surface area contributed by atoms with Gasteiger partial charge in [-0.1, -0.05) is 84.6 Å². The van der Waals surface area contributed by atoms with E-state index in [1.165, 1.54) is 24.3 Å². The third-order valence-electron chi connectivity index (χ3n) is 11.8. The highest BCUT2D eigenvalue weighted by molar-refractivity contribution is 7.87. The highest BCUT2D eigenvalue weighted by atomic mass is 32.2. The number of allylic oxidation sites excluding steroid dienone is 2. The second-order valence-corrected chi connectivity index (χ2v) is 19.5. The summed E-state index contributed by atoms with van der Waals surface area (Å²) in [4.78, 5) is 60.8. The maximum atomic E-state index is 14.2. The van der Waals surface area contributed by atoms with Crippen LogP contribution in [-0.4, -0.2) is 40.0 Å². The first-order chi connectivity index (χ1) is 30.7. The Morgan fingerprint density at radius 1 is 0.492 bits per heavy atom. The molecule has 4 aromatic rings. The molecule has 4 aromatic carbocycles. The van der Waals surface area contributed by atoms with Crippen molar-refractivity contribution >= 4 is 54.8 Å². The number of benzene rings is 4. The Labute approximate surface area is 366 Å². The fraction of sp³-hybridized carbons (Fsp3) is 0.220. The number of hydrogen-bond donors (Lipinski definition) is 0. The van der Waals surface area contributed by atoms with Crippen molar-refractivity contribution < 1.29 is 44.4 Å². The summed E-state index contributed by atoms with van der Waals surface area (Å²) < 4.78 is 68.3. The van der Waals surface area contributed by atoms with Crippen LogP contribution in [0.25, 0.3) is 53.2 Å². The first-order valence-corrected chi connectivity index (χ1v) is 21.8. The molecule has 0 saturated carbocycles. The Balaban J connectivity index is 1.23. The normalized spacial score (nSPS) is 18.9. The summed E-state index contributed by atoms with van der Waals surface area (Å²) in [5.74, 6) is -5.38. The number of hydrogen-bond acceptors (Lipinski definition) is 14. The van der Waals surface area contributed by atoms with Gasteiger partial charge in [-0.15, -0.1) is 0 Å². The molecule has 324 valence electrons. The van der Waals surface area contributed by atoms with Crippen molar-refractivity contribution in [1.82, 2.24) is 0 Å². The summed E-state index contributed by atoms with van der Waals surface area (Å²) in [5.41, 5.74) is 32.7. The molecule has 24 heteroatoms. The van der Waals surface area contributed by atoms with E-state index in [0.29, 0.717) is 24.0 Å². The number of nitrogens with zero attached hydrogens (tertiary/aromatic N) is 12. The fourth-order valence-electron chi connectivity index (χ4n) is 9.57. The van der Waals surface area contributed by atoms with Gasteiger partial charge in [0.25, 0.3) is 0 Å². The monoisotopic (exact) mass is 912 g/mol. The fourth-order valence-corrected chi connectivity index (χ4v) is 11.9. The molecular formula is C41H28N12O10S2. The van der Waals surface area contributed by atoms with Crippen molar-refractivity contribution in [2.24, 2.45) is 20.5 Å². The van der Waals surface area contributed by atoms with Gasteiger partial charge in [0.15, 0.2) is 0 Å². The summed E-state index contributed by atoms with van der Waals surface area (Å²) in [6, 6.07) is 16.2. The van der Waals surface area contributed by atoms with Crippen LogP contribution in [0.15, 0.2) is 114 Å². The van der Waals surface area contributed by atoms with Crippen molar-refractivity contribution in [3.8, 4) is 11.5 Å². The average Bonchev–Trinajstić information content (AvgIpc) is 3.62. The Morgan fingerprint density at radius 2 is 0.846 bits per heavy atom. The van der Waals surface area contributed by atoms with E-state index in [4.69, 9.17) is 19.4 Å². The maximum absolute atomic E-state index is 14.2. The molecule has 8 rings (SSSR count).